The Labute approximate surface area is 240 Å². The van der Waals surface area contributed by atoms with Crippen LogP contribution >= 0.6 is 0 Å². The topological polar surface area (TPSA) is 176 Å². The van der Waals surface area contributed by atoms with Gasteiger partial charge in [0.1, 0.15) is 23.2 Å². The molecule has 4 rings (SSSR count). The van der Waals surface area contributed by atoms with Crippen molar-refractivity contribution in [2.75, 3.05) is 32.8 Å². The minimum atomic E-state index is -1.15. The van der Waals surface area contributed by atoms with E-state index in [-0.39, 0.29) is 62.6 Å². The molecule has 0 bridgehead atoms. The molecule has 42 heavy (non-hydrogen) atoms. The number of aromatic nitrogens is 1. The molecular formula is C29H30N4O9. The largest absolute Gasteiger partial charge is 0.481 e. The molecule has 13 heteroatoms. The van der Waals surface area contributed by atoms with Crippen LogP contribution in [0.15, 0.2) is 54.6 Å². The number of benzene rings is 2. The number of amides is 3. The Morgan fingerprint density at radius 1 is 0.952 bits per heavy atom. The Kier molecular flexibility index (Phi) is 9.53. The molecule has 0 unspecified atom stereocenters. The van der Waals surface area contributed by atoms with E-state index in [1.54, 1.807) is 31.2 Å². The monoisotopic (exact) mass is 578 g/mol. The van der Waals surface area contributed by atoms with E-state index in [4.69, 9.17) is 14.6 Å². The number of hydrogen-bond acceptors (Lipinski definition) is 8. The maximum Gasteiger partial charge on any atom is 0.409 e. The number of aliphatic carboxylic acids is 1. The average Bonchev–Trinajstić information content (AvgIpc) is 2.99. The van der Waals surface area contributed by atoms with Crippen molar-refractivity contribution < 1.29 is 43.7 Å². The Morgan fingerprint density at radius 2 is 1.62 bits per heavy atom. The first-order valence-corrected chi connectivity index (χ1v) is 13.3. The number of nitrogens with one attached hydrogen (secondary N) is 1. The van der Waals surface area contributed by atoms with Crippen LogP contribution in [0.3, 0.4) is 0 Å². The number of carbonyl (C=O) groups excluding carboxylic acids is 3. The van der Waals surface area contributed by atoms with Crippen molar-refractivity contribution >= 4 is 40.7 Å². The number of para-hydroxylation sites is 1. The lowest BCUT2D eigenvalue weighted by Crippen LogP contribution is -2.56. The van der Waals surface area contributed by atoms with E-state index in [2.05, 4.69) is 10.3 Å². The van der Waals surface area contributed by atoms with Crippen LogP contribution in [-0.4, -0.2) is 93.7 Å². The number of hydrogen-bond donors (Lipinski definition) is 3. The van der Waals surface area contributed by atoms with E-state index >= 15 is 0 Å². The first-order chi connectivity index (χ1) is 20.2. The summed E-state index contributed by atoms with van der Waals surface area (Å²) >= 11 is 0. The Hall–Kier alpha value is -5.20. The molecular weight excluding hydrogens is 548 g/mol. The second-order valence-electron chi connectivity index (χ2n) is 9.42. The van der Waals surface area contributed by atoms with Crippen molar-refractivity contribution in [2.24, 2.45) is 0 Å². The van der Waals surface area contributed by atoms with Gasteiger partial charge in [-0.1, -0.05) is 12.1 Å². The van der Waals surface area contributed by atoms with Gasteiger partial charge in [-0.15, -0.1) is 0 Å². The van der Waals surface area contributed by atoms with Crippen LogP contribution < -0.4 is 10.1 Å². The van der Waals surface area contributed by atoms with Crippen molar-refractivity contribution in [3.63, 3.8) is 0 Å². The minimum absolute atomic E-state index is 0.0638. The second-order valence-corrected chi connectivity index (χ2v) is 9.42. The Morgan fingerprint density at radius 3 is 2.26 bits per heavy atom. The first-order valence-electron chi connectivity index (χ1n) is 13.3. The summed E-state index contributed by atoms with van der Waals surface area (Å²) in [7, 11) is 0. The fraction of sp³-hybridized carbons (Fsp3) is 0.310. The van der Waals surface area contributed by atoms with E-state index in [0.29, 0.717) is 16.7 Å². The molecule has 3 amide bonds. The molecule has 1 fully saturated rings. The highest BCUT2D eigenvalue weighted by molar-refractivity contribution is 5.99. The average molecular weight is 579 g/mol. The third-order valence-corrected chi connectivity index (χ3v) is 6.61. The summed E-state index contributed by atoms with van der Waals surface area (Å²) in [5.41, 5.74) is 0.457. The predicted octanol–water partition coefficient (Wildman–Crippen LogP) is 2.99. The highest BCUT2D eigenvalue weighted by Crippen LogP contribution is 2.30. The van der Waals surface area contributed by atoms with Gasteiger partial charge < -0.3 is 34.8 Å². The molecule has 0 saturated carbocycles. The molecule has 0 radical (unpaired) electrons. The summed E-state index contributed by atoms with van der Waals surface area (Å²) in [5, 5.41) is 21.6. The molecule has 1 aliphatic rings. The summed E-state index contributed by atoms with van der Waals surface area (Å²) in [6, 6.07) is 12.9. The smallest absolute Gasteiger partial charge is 0.409 e. The van der Waals surface area contributed by atoms with E-state index < -0.39 is 35.9 Å². The predicted molar refractivity (Wildman–Crippen MR) is 149 cm³/mol. The maximum atomic E-state index is 13.4. The number of carboxylic acids is 2. The summed E-state index contributed by atoms with van der Waals surface area (Å²) in [6.07, 6.45) is -0.977. The van der Waals surface area contributed by atoms with Gasteiger partial charge in [-0.3, -0.25) is 14.4 Å². The van der Waals surface area contributed by atoms with Gasteiger partial charge in [-0.2, -0.15) is 0 Å². The van der Waals surface area contributed by atoms with Gasteiger partial charge in [0.05, 0.1) is 17.7 Å². The van der Waals surface area contributed by atoms with Crippen molar-refractivity contribution in [3.05, 3.63) is 65.9 Å². The second kappa shape index (κ2) is 13.4. The molecule has 0 spiro atoms. The lowest BCUT2D eigenvalue weighted by atomic mass is 10.1. The summed E-state index contributed by atoms with van der Waals surface area (Å²) < 4.78 is 11.0. The molecule has 1 saturated heterocycles. The number of carboxylic acid groups (broad SMARTS) is 2. The molecule has 13 nitrogen and oxygen atoms in total. The quantitative estimate of drug-likeness (QED) is 0.324. The number of fused-ring (bicyclic) bond motifs is 1. The molecule has 1 atom stereocenters. The zero-order valence-electron chi connectivity index (χ0n) is 22.8. The number of carbonyl (C=O) groups is 5. The molecule has 0 aliphatic carbocycles. The van der Waals surface area contributed by atoms with Crippen LogP contribution in [0.5, 0.6) is 11.5 Å². The number of piperazine rings is 1. The normalized spacial score (nSPS) is 13.7. The molecule has 1 aliphatic heterocycles. The lowest BCUT2D eigenvalue weighted by molar-refractivity contribution is -0.138. The SMILES string of the molecule is CCOC(=O)N1CCN(C(=O)[C@H](CCC(=O)O)NC(=O)c2cc(Oc3ccc(C(=O)O)cc3)c3ccccc3n2)CC1. The number of aromatic carboxylic acids is 1. The third-order valence-electron chi connectivity index (χ3n) is 6.61. The molecule has 3 N–H and O–H groups in total. The summed E-state index contributed by atoms with van der Waals surface area (Å²) in [5.74, 6) is -2.77. The molecule has 2 aromatic carbocycles. The van der Waals surface area contributed by atoms with Crippen LogP contribution in [0.2, 0.25) is 0 Å². The van der Waals surface area contributed by atoms with Crippen molar-refractivity contribution in [3.8, 4) is 11.5 Å². The number of pyridine rings is 1. The van der Waals surface area contributed by atoms with Crippen LogP contribution in [0, 0.1) is 0 Å². The van der Waals surface area contributed by atoms with E-state index in [0.717, 1.165) is 0 Å². The van der Waals surface area contributed by atoms with Crippen molar-refractivity contribution in [2.45, 2.75) is 25.8 Å². The fourth-order valence-corrected chi connectivity index (χ4v) is 4.44. The third kappa shape index (κ3) is 7.30. The van der Waals surface area contributed by atoms with Gasteiger partial charge >= 0.3 is 18.0 Å². The zero-order chi connectivity index (χ0) is 30.2. The van der Waals surface area contributed by atoms with Gasteiger partial charge in [-0.25, -0.2) is 14.6 Å². The highest BCUT2D eigenvalue weighted by atomic mass is 16.6. The van der Waals surface area contributed by atoms with Crippen LogP contribution in [-0.2, 0) is 14.3 Å². The lowest BCUT2D eigenvalue weighted by Gasteiger charge is -2.35. The number of nitrogens with zero attached hydrogens (tertiary/aromatic N) is 3. The van der Waals surface area contributed by atoms with Crippen LogP contribution in [0.1, 0.15) is 40.6 Å². The highest BCUT2D eigenvalue weighted by Gasteiger charge is 2.31. The molecule has 2 heterocycles. The van der Waals surface area contributed by atoms with Gasteiger partial charge in [-0.05, 0) is 49.7 Å². The first kappa shape index (κ1) is 29.8. The van der Waals surface area contributed by atoms with Crippen LogP contribution in [0.25, 0.3) is 10.9 Å². The standard InChI is InChI=1S/C29H30N4O9/c1-2-41-29(40)33-15-13-32(14-16-33)27(37)22(11-12-25(34)35)31-26(36)23-17-24(20-5-3-4-6-21(20)30-23)42-19-9-7-18(8-10-19)28(38)39/h3-10,17,22H,2,11-16H2,1H3,(H,31,36)(H,34,35)(H,38,39)/t22-/m0/s1. The summed E-state index contributed by atoms with van der Waals surface area (Å²) in [4.78, 5) is 68.6. The van der Waals surface area contributed by atoms with Crippen molar-refractivity contribution in [1.82, 2.24) is 20.1 Å². The fourth-order valence-electron chi connectivity index (χ4n) is 4.44. The minimum Gasteiger partial charge on any atom is -0.481 e. The van der Waals surface area contributed by atoms with Crippen molar-refractivity contribution in [1.29, 1.82) is 0 Å². The Bertz CT molecular complexity index is 1480. The van der Waals surface area contributed by atoms with Crippen LogP contribution in [0.4, 0.5) is 4.79 Å². The molecule has 3 aromatic rings. The van der Waals surface area contributed by atoms with E-state index in [9.17, 15) is 29.1 Å². The maximum absolute atomic E-state index is 13.4. The summed E-state index contributed by atoms with van der Waals surface area (Å²) in [6.45, 7) is 2.81. The Balaban J connectivity index is 1.54. The zero-order valence-corrected chi connectivity index (χ0v) is 22.8. The van der Waals surface area contributed by atoms with E-state index in [1.807, 2.05) is 0 Å². The van der Waals surface area contributed by atoms with Gasteiger partial charge in [0.2, 0.25) is 5.91 Å². The van der Waals surface area contributed by atoms with Gasteiger partial charge in [0, 0.05) is 44.1 Å². The number of ether oxygens (including phenoxy) is 2. The molecule has 1 aromatic heterocycles. The number of rotatable bonds is 10. The van der Waals surface area contributed by atoms with E-state index in [1.165, 1.54) is 40.1 Å². The van der Waals surface area contributed by atoms with Gasteiger partial charge in [0.25, 0.3) is 5.91 Å². The van der Waals surface area contributed by atoms with Gasteiger partial charge in [0.15, 0.2) is 0 Å². The molecule has 220 valence electrons.